The van der Waals surface area contributed by atoms with Gasteiger partial charge in [0.25, 0.3) is 0 Å². The maximum absolute atomic E-state index is 4.22. The fraction of sp³-hybridized carbons (Fsp3) is 0.216. The Balaban J connectivity index is 0.000000240. The maximum Gasteiger partial charge on any atom is 0.241 e. The first kappa shape index (κ1) is 53.6. The Bertz CT molecular complexity index is 3400. The molecule has 1 heteroatoms. The lowest BCUT2D eigenvalue weighted by Crippen LogP contribution is -2.52. The molecule has 0 fully saturated rings. The molecule has 0 aromatic heterocycles. The van der Waals surface area contributed by atoms with E-state index in [9.17, 15) is 0 Å². The van der Waals surface area contributed by atoms with Crippen LogP contribution in [-0.2, 0) is 18.3 Å². The summed E-state index contributed by atoms with van der Waals surface area (Å²) in [6.45, 7) is 23.7. The van der Waals surface area contributed by atoms with Crippen LogP contribution in [0.3, 0.4) is 0 Å². The lowest BCUT2D eigenvalue weighted by molar-refractivity contribution is 0.660. The summed E-state index contributed by atoms with van der Waals surface area (Å²) in [5.74, 6) is 6.47. The minimum atomic E-state index is -0.119. The van der Waals surface area contributed by atoms with Crippen LogP contribution < -0.4 is 16.4 Å². The van der Waals surface area contributed by atoms with Crippen molar-refractivity contribution >= 4 is 39.8 Å². The second-order valence-corrected chi connectivity index (χ2v) is 20.3. The van der Waals surface area contributed by atoms with Gasteiger partial charge in [0.15, 0.2) is 0 Å². The molecule has 374 valence electrons. The lowest BCUT2D eigenvalue weighted by Gasteiger charge is -2.24. The third kappa shape index (κ3) is 12.3. The van der Waals surface area contributed by atoms with E-state index in [2.05, 4.69) is 259 Å². The van der Waals surface area contributed by atoms with Crippen molar-refractivity contribution in [2.24, 2.45) is 0 Å². The largest absolute Gasteiger partial charge is 0.241 e. The highest BCUT2D eigenvalue weighted by Gasteiger charge is 2.37. The van der Waals surface area contributed by atoms with E-state index in [1.165, 1.54) is 111 Å². The van der Waals surface area contributed by atoms with Crippen LogP contribution in [0.1, 0.15) is 124 Å². The van der Waals surface area contributed by atoms with Gasteiger partial charge in [0.05, 0.1) is 0 Å². The van der Waals surface area contributed by atoms with Crippen molar-refractivity contribution in [1.29, 1.82) is 0 Å². The number of aryl methyl sites for hydroxylation is 2. The molecule has 0 unspecified atom stereocenters. The number of benzene rings is 7. The second-order valence-electron chi connectivity index (χ2n) is 20.3. The smallest absolute Gasteiger partial charge is 0.0988 e. The zero-order valence-electron chi connectivity index (χ0n) is 46.2. The molecular formula is C74H75B. The van der Waals surface area contributed by atoms with Crippen molar-refractivity contribution in [3.63, 3.8) is 0 Å². The SMILES string of the molecule is C=C1/C=C\C(c2ccccc2C)=C(\C)Cc2ccccc2C1.CC.CC.Cc1ccc(-c2ccc(B(c3ccc(C4=CCCC=C4)cc3)c3ccc4c(c3)C(C)(C)c3cc(C5=C/CC#CC/C=C\5)ccc3-4)cc2)cc1. The summed E-state index contributed by atoms with van der Waals surface area (Å²) in [7, 11) is 0. The molecule has 0 amide bonds. The summed E-state index contributed by atoms with van der Waals surface area (Å²) in [4.78, 5) is 0. The van der Waals surface area contributed by atoms with E-state index in [4.69, 9.17) is 0 Å². The molecule has 0 bridgehead atoms. The van der Waals surface area contributed by atoms with Gasteiger partial charge in [-0.1, -0.05) is 293 Å². The summed E-state index contributed by atoms with van der Waals surface area (Å²) < 4.78 is 0. The molecule has 0 saturated carbocycles. The molecule has 0 nitrogen and oxygen atoms in total. The molecule has 4 aliphatic rings. The van der Waals surface area contributed by atoms with E-state index in [0.717, 1.165) is 44.1 Å². The van der Waals surface area contributed by atoms with Gasteiger partial charge >= 0.3 is 0 Å². The third-order valence-electron chi connectivity index (χ3n) is 15.0. The van der Waals surface area contributed by atoms with Gasteiger partial charge < -0.3 is 0 Å². The quantitative estimate of drug-likeness (QED) is 0.110. The lowest BCUT2D eigenvalue weighted by atomic mass is 9.36. The molecule has 0 saturated heterocycles. The van der Waals surface area contributed by atoms with Crippen LogP contribution in [0, 0.1) is 25.7 Å². The standard InChI is InChI=1S/C48H41B.C22H22.2C2H6/c1-34-16-18-37(19-17-34)39-22-27-42(28-23-39)49(41-25-20-38(21-26-41)35-12-10-7-11-13-35)43-29-31-45-44-30-24-40(36-14-8-5-4-6-9-15-36)32-46(44)48(2,3)47(45)33-43;1-16-12-13-22(21-11-7-4-8-17(21)2)18(3)15-20-10-6-5-9-19(20)14-16;2*1-2/h8,10,12-33H,5,7,9,11H2,1-3H3;4-13H,1,14-15H2,2-3H3;2*1-2H3/b14-8-,36-15+;13-12-,22-18+;;. The minimum Gasteiger partial charge on any atom is -0.0988 e. The molecule has 0 radical (unpaired) electrons. The van der Waals surface area contributed by atoms with Crippen LogP contribution in [0.25, 0.3) is 39.0 Å². The highest BCUT2D eigenvalue weighted by molar-refractivity contribution is 6.95. The molecule has 11 rings (SSSR count). The average Bonchev–Trinajstić information content (AvgIpc) is 3.71. The third-order valence-corrected chi connectivity index (χ3v) is 15.0. The van der Waals surface area contributed by atoms with Crippen molar-refractivity contribution in [2.45, 2.75) is 106 Å². The summed E-state index contributed by atoms with van der Waals surface area (Å²) in [5.41, 5.74) is 27.6. The zero-order chi connectivity index (χ0) is 52.9. The molecular weight excluding hydrogens is 900 g/mol. The molecule has 75 heavy (non-hydrogen) atoms. The molecule has 7 aromatic carbocycles. The highest BCUT2D eigenvalue weighted by Crippen LogP contribution is 2.49. The van der Waals surface area contributed by atoms with Gasteiger partial charge in [-0.3, -0.25) is 0 Å². The van der Waals surface area contributed by atoms with Crippen molar-refractivity contribution in [1.82, 2.24) is 0 Å². The summed E-state index contributed by atoms with van der Waals surface area (Å²) in [5, 5.41) is 0. The first-order valence-electron chi connectivity index (χ1n) is 27.6. The van der Waals surface area contributed by atoms with Gasteiger partial charge in [-0.15, -0.1) is 0 Å². The van der Waals surface area contributed by atoms with Crippen molar-refractivity contribution in [3.05, 3.63) is 274 Å². The van der Waals surface area contributed by atoms with Crippen LogP contribution in [0.15, 0.2) is 224 Å². The van der Waals surface area contributed by atoms with E-state index < -0.39 is 0 Å². The van der Waals surface area contributed by atoms with E-state index >= 15 is 0 Å². The van der Waals surface area contributed by atoms with Crippen LogP contribution in [0.2, 0.25) is 0 Å². The van der Waals surface area contributed by atoms with E-state index in [1.807, 2.05) is 27.7 Å². The first-order chi connectivity index (χ1) is 36.6. The maximum atomic E-state index is 4.22. The van der Waals surface area contributed by atoms with Crippen molar-refractivity contribution < 1.29 is 0 Å². The topological polar surface area (TPSA) is 0 Å². The molecule has 0 aliphatic heterocycles. The number of hydrogen-bond donors (Lipinski definition) is 0. The molecule has 0 spiro atoms. The fourth-order valence-electron chi connectivity index (χ4n) is 11.0. The zero-order valence-corrected chi connectivity index (χ0v) is 46.2. The van der Waals surface area contributed by atoms with E-state index in [0.29, 0.717) is 0 Å². The van der Waals surface area contributed by atoms with Crippen LogP contribution in [0.4, 0.5) is 0 Å². The summed E-state index contributed by atoms with van der Waals surface area (Å²) in [6, 6.07) is 59.0. The van der Waals surface area contributed by atoms with Gasteiger partial charge in [-0.25, -0.2) is 0 Å². The molecule has 4 aliphatic carbocycles. The fourth-order valence-corrected chi connectivity index (χ4v) is 11.0. The Morgan fingerprint density at radius 2 is 1.01 bits per heavy atom. The Labute approximate surface area is 451 Å². The van der Waals surface area contributed by atoms with Crippen molar-refractivity contribution in [3.8, 4) is 34.1 Å². The van der Waals surface area contributed by atoms with Gasteiger partial charge in [0.2, 0.25) is 6.71 Å². The monoisotopic (exact) mass is 975 g/mol. The Hall–Kier alpha value is -7.66. The Kier molecular flexibility index (Phi) is 17.9. The number of hydrogen-bond acceptors (Lipinski definition) is 0. The van der Waals surface area contributed by atoms with Gasteiger partial charge in [0.1, 0.15) is 0 Å². The van der Waals surface area contributed by atoms with E-state index in [-0.39, 0.29) is 12.1 Å². The summed E-state index contributed by atoms with van der Waals surface area (Å²) >= 11 is 0. The molecule has 7 aromatic rings. The number of allylic oxidation sites excluding steroid dienone is 13. The summed E-state index contributed by atoms with van der Waals surface area (Å²) in [6.07, 6.45) is 23.8. The number of fused-ring (bicyclic) bond motifs is 4. The van der Waals surface area contributed by atoms with Gasteiger partial charge in [-0.2, -0.15) is 0 Å². The predicted octanol–water partition coefficient (Wildman–Crippen LogP) is 17.7. The average molecular weight is 975 g/mol. The predicted molar refractivity (Wildman–Crippen MR) is 331 cm³/mol. The molecule has 0 N–H and O–H groups in total. The van der Waals surface area contributed by atoms with Crippen LogP contribution in [-0.4, -0.2) is 6.71 Å². The second kappa shape index (κ2) is 25.0. The molecule has 0 heterocycles. The molecule has 0 atom stereocenters. The highest BCUT2D eigenvalue weighted by atomic mass is 14.4. The van der Waals surface area contributed by atoms with Crippen molar-refractivity contribution in [2.75, 3.05) is 0 Å². The van der Waals surface area contributed by atoms with Crippen LogP contribution in [0.5, 0.6) is 0 Å². The van der Waals surface area contributed by atoms with Crippen LogP contribution >= 0.6 is 0 Å². The van der Waals surface area contributed by atoms with E-state index in [1.54, 1.807) is 0 Å². The first-order valence-corrected chi connectivity index (χ1v) is 27.6. The normalized spacial score (nSPS) is 17.3. The number of rotatable bonds is 7. The Morgan fingerprint density at radius 1 is 0.467 bits per heavy atom. The van der Waals surface area contributed by atoms with Gasteiger partial charge in [0, 0.05) is 18.3 Å². The van der Waals surface area contributed by atoms with Gasteiger partial charge in [-0.05, 0) is 136 Å². The Morgan fingerprint density at radius 3 is 1.68 bits per heavy atom. The minimum absolute atomic E-state index is 0.115.